The number of anilines is 1. The molecule has 0 bridgehead atoms. The van der Waals surface area contributed by atoms with Crippen LogP contribution in [0.4, 0.5) is 5.69 Å². The first-order valence-corrected chi connectivity index (χ1v) is 11.6. The number of aromatic amines is 1. The Labute approximate surface area is 210 Å². The van der Waals surface area contributed by atoms with E-state index in [-0.39, 0.29) is 18.0 Å². The molecule has 2 aliphatic heterocycles. The molecule has 1 amide bonds. The highest BCUT2D eigenvalue weighted by Gasteiger charge is 2.25. The Balaban J connectivity index is 1.72. The van der Waals surface area contributed by atoms with E-state index < -0.39 is 0 Å². The lowest BCUT2D eigenvalue weighted by Crippen LogP contribution is -2.25. The lowest BCUT2D eigenvalue weighted by molar-refractivity contribution is -0.115. The molecule has 11 heteroatoms. The number of aryl methyl sites for hydroxylation is 1. The van der Waals surface area contributed by atoms with Gasteiger partial charge in [0.2, 0.25) is 5.91 Å². The molecule has 0 atom stereocenters. The molecule has 2 aromatic rings. The van der Waals surface area contributed by atoms with E-state index in [1.807, 2.05) is 19.1 Å². The second-order valence-corrected chi connectivity index (χ2v) is 8.84. The summed E-state index contributed by atoms with van der Waals surface area (Å²) in [5.74, 6) is 0.596. The summed E-state index contributed by atoms with van der Waals surface area (Å²) >= 11 is 18.9. The van der Waals surface area contributed by atoms with Crippen LogP contribution in [-0.4, -0.2) is 39.2 Å². The van der Waals surface area contributed by atoms with Crippen molar-refractivity contribution in [1.29, 1.82) is 0 Å². The molecule has 3 N–H and O–H groups in total. The molecule has 0 saturated carbocycles. The van der Waals surface area contributed by atoms with Crippen molar-refractivity contribution in [2.75, 3.05) is 18.9 Å². The lowest BCUT2D eigenvalue weighted by atomic mass is 10.1. The SMILES string of the molecule is CCc1[nH]n(-c2c(Cl)cc(Cl)cc2Cl)c2nc(Cc3ccc(NC(=O)CNC)cc3)nc(=O)c1-2. The summed E-state index contributed by atoms with van der Waals surface area (Å²) in [7, 11) is 1.70. The van der Waals surface area contributed by atoms with Gasteiger partial charge in [-0.15, -0.1) is 0 Å². The normalized spacial score (nSPS) is 11.2. The summed E-state index contributed by atoms with van der Waals surface area (Å²) in [4.78, 5) is 33.6. The fourth-order valence-electron chi connectivity index (χ4n) is 3.64. The third-order valence-electron chi connectivity index (χ3n) is 5.16. The van der Waals surface area contributed by atoms with E-state index in [0.29, 0.717) is 62.2 Å². The molecule has 2 aliphatic rings. The summed E-state index contributed by atoms with van der Waals surface area (Å²) in [5, 5.41) is 9.80. The van der Waals surface area contributed by atoms with Crippen LogP contribution in [0.5, 0.6) is 0 Å². The van der Waals surface area contributed by atoms with Crippen molar-refractivity contribution in [3.8, 4) is 17.1 Å². The van der Waals surface area contributed by atoms with Gasteiger partial charge >= 0.3 is 0 Å². The summed E-state index contributed by atoms with van der Waals surface area (Å²) in [5.41, 5.74) is 2.68. The molecule has 0 unspecified atom stereocenters. The number of carbonyl (C=O) groups excluding carboxylic acids is 1. The monoisotopic (exact) mass is 518 g/mol. The number of fused-ring (bicyclic) bond motifs is 1. The van der Waals surface area contributed by atoms with Crippen molar-refractivity contribution < 1.29 is 4.79 Å². The van der Waals surface area contributed by atoms with Gasteiger partial charge in [-0.05, 0) is 43.3 Å². The second kappa shape index (κ2) is 10.1. The van der Waals surface area contributed by atoms with E-state index in [1.54, 1.807) is 36.0 Å². The van der Waals surface area contributed by atoms with Crippen molar-refractivity contribution in [1.82, 2.24) is 25.1 Å². The molecular weight excluding hydrogens is 499 g/mol. The highest BCUT2D eigenvalue weighted by Crippen LogP contribution is 2.35. The number of amides is 1. The minimum Gasteiger partial charge on any atom is -0.325 e. The molecule has 0 radical (unpaired) electrons. The number of hydrogen-bond acceptors (Lipinski definition) is 5. The number of benzene rings is 2. The van der Waals surface area contributed by atoms with E-state index in [2.05, 4.69) is 25.7 Å². The topological polar surface area (TPSA) is 105 Å². The van der Waals surface area contributed by atoms with E-state index >= 15 is 0 Å². The van der Waals surface area contributed by atoms with Crippen LogP contribution in [0.1, 0.15) is 24.0 Å². The number of nitrogens with zero attached hydrogens (tertiary/aromatic N) is 3. The first-order chi connectivity index (χ1) is 16.3. The Bertz CT molecular complexity index is 1360. The number of hydrogen-bond donors (Lipinski definition) is 3. The van der Waals surface area contributed by atoms with Crippen LogP contribution in [0.25, 0.3) is 17.1 Å². The van der Waals surface area contributed by atoms with Gasteiger partial charge in [0, 0.05) is 22.8 Å². The van der Waals surface area contributed by atoms with Crippen LogP contribution in [0.15, 0.2) is 41.2 Å². The van der Waals surface area contributed by atoms with Crippen molar-refractivity contribution >= 4 is 46.4 Å². The number of rotatable bonds is 7. The summed E-state index contributed by atoms with van der Waals surface area (Å²) < 4.78 is 1.60. The van der Waals surface area contributed by atoms with Crippen LogP contribution in [0, 0.1) is 0 Å². The Kier molecular flexibility index (Phi) is 7.23. The Morgan fingerprint density at radius 1 is 1.09 bits per heavy atom. The predicted molar refractivity (Wildman–Crippen MR) is 135 cm³/mol. The van der Waals surface area contributed by atoms with E-state index in [1.165, 1.54) is 0 Å². The Morgan fingerprint density at radius 2 is 1.76 bits per heavy atom. The minimum atomic E-state index is -0.385. The molecule has 2 aromatic carbocycles. The average molecular weight is 520 g/mol. The zero-order chi connectivity index (χ0) is 24.4. The number of carbonyl (C=O) groups is 1. The third kappa shape index (κ3) is 4.95. The van der Waals surface area contributed by atoms with Crippen molar-refractivity contribution in [3.05, 3.63) is 78.9 Å². The highest BCUT2D eigenvalue weighted by atomic mass is 35.5. The fraction of sp³-hybridized carbons (Fsp3) is 0.217. The van der Waals surface area contributed by atoms with Gasteiger partial charge < -0.3 is 10.6 Å². The molecule has 8 nitrogen and oxygen atoms in total. The van der Waals surface area contributed by atoms with Gasteiger partial charge in [0.05, 0.1) is 16.6 Å². The zero-order valence-electron chi connectivity index (χ0n) is 18.4. The van der Waals surface area contributed by atoms with E-state index in [0.717, 1.165) is 5.56 Å². The number of halogens is 3. The zero-order valence-corrected chi connectivity index (χ0v) is 20.6. The number of likely N-dealkylation sites (N-methyl/N-ethyl adjacent to an activating group) is 1. The van der Waals surface area contributed by atoms with Crippen molar-refractivity contribution in [2.24, 2.45) is 0 Å². The third-order valence-corrected chi connectivity index (χ3v) is 5.95. The number of nitrogens with one attached hydrogen (secondary N) is 3. The molecule has 34 heavy (non-hydrogen) atoms. The van der Waals surface area contributed by atoms with Crippen LogP contribution < -0.4 is 16.2 Å². The quantitative estimate of drug-likeness (QED) is 0.337. The molecule has 0 saturated heterocycles. The molecule has 2 heterocycles. The molecule has 4 rings (SSSR count). The molecule has 0 aromatic heterocycles. The summed E-state index contributed by atoms with van der Waals surface area (Å²) in [6.45, 7) is 2.14. The van der Waals surface area contributed by atoms with Crippen molar-refractivity contribution in [2.45, 2.75) is 19.8 Å². The predicted octanol–water partition coefficient (Wildman–Crippen LogP) is 4.33. The fourth-order valence-corrected chi connectivity index (χ4v) is 4.63. The van der Waals surface area contributed by atoms with Gasteiger partial charge in [0.25, 0.3) is 5.56 Å². The average Bonchev–Trinajstić information content (AvgIpc) is 3.13. The lowest BCUT2D eigenvalue weighted by Gasteiger charge is -2.12. The van der Waals surface area contributed by atoms with Crippen LogP contribution in [-0.2, 0) is 17.6 Å². The van der Waals surface area contributed by atoms with Gasteiger partial charge in [-0.2, -0.15) is 4.98 Å². The van der Waals surface area contributed by atoms with Gasteiger partial charge in [0.1, 0.15) is 17.1 Å². The van der Waals surface area contributed by atoms with Gasteiger partial charge in [-0.1, -0.05) is 53.9 Å². The standard InChI is InChI=1S/C23H21Cl3N6O2/c1-3-17-20-22(32(31-17)21-15(25)9-13(24)10-16(21)26)29-18(30-23(20)34)8-12-4-6-14(7-5-12)28-19(33)11-27-2/h4-7,9-10,27,31H,3,8,11H2,1-2H3,(H,28,33). The maximum absolute atomic E-state index is 13.0. The summed E-state index contributed by atoms with van der Waals surface area (Å²) in [6.07, 6.45) is 0.885. The van der Waals surface area contributed by atoms with Gasteiger partial charge in [-0.25, -0.2) is 9.67 Å². The van der Waals surface area contributed by atoms with E-state index in [9.17, 15) is 9.59 Å². The Morgan fingerprint density at radius 3 is 2.38 bits per heavy atom. The molecular formula is C23H21Cl3N6O2. The first-order valence-electron chi connectivity index (χ1n) is 10.5. The second-order valence-electron chi connectivity index (χ2n) is 7.59. The van der Waals surface area contributed by atoms with Crippen LogP contribution in [0.2, 0.25) is 15.1 Å². The Hall–Kier alpha value is -2.91. The number of H-pyrrole nitrogens is 1. The minimum absolute atomic E-state index is 0.136. The van der Waals surface area contributed by atoms with Gasteiger partial charge in [0.15, 0.2) is 5.82 Å². The van der Waals surface area contributed by atoms with Gasteiger partial charge in [-0.3, -0.25) is 14.7 Å². The van der Waals surface area contributed by atoms with Crippen LogP contribution >= 0.6 is 34.8 Å². The van der Waals surface area contributed by atoms with E-state index in [4.69, 9.17) is 34.8 Å². The molecule has 0 fully saturated rings. The number of aromatic nitrogens is 4. The maximum Gasteiger partial charge on any atom is 0.284 e. The summed E-state index contributed by atoms with van der Waals surface area (Å²) in [6, 6.07) is 10.4. The molecule has 0 aliphatic carbocycles. The van der Waals surface area contributed by atoms with Crippen molar-refractivity contribution in [3.63, 3.8) is 0 Å². The van der Waals surface area contributed by atoms with Crippen LogP contribution in [0.3, 0.4) is 0 Å². The molecule has 176 valence electrons. The highest BCUT2D eigenvalue weighted by molar-refractivity contribution is 6.40. The first kappa shape index (κ1) is 24.2. The largest absolute Gasteiger partial charge is 0.325 e. The maximum atomic E-state index is 13.0. The molecule has 0 spiro atoms. The smallest absolute Gasteiger partial charge is 0.284 e.